The average molecular weight is 433 g/mol. The minimum atomic E-state index is -3.53. The molecule has 0 aliphatic carbocycles. The number of carbonyl (C=O) groups excluding carboxylic acids is 1. The monoisotopic (exact) mass is 432 g/mol. The van der Waals surface area contributed by atoms with Crippen LogP contribution in [0.5, 0.6) is 0 Å². The first kappa shape index (κ1) is 24.0. The minimum Gasteiger partial charge on any atom is -0.309 e. The van der Waals surface area contributed by atoms with Crippen LogP contribution in [0.3, 0.4) is 0 Å². The third kappa shape index (κ3) is 6.88. The van der Waals surface area contributed by atoms with E-state index in [1.807, 2.05) is 0 Å². The number of hydrogen-bond acceptors (Lipinski definition) is 5. The van der Waals surface area contributed by atoms with Crippen LogP contribution in [0.2, 0.25) is 0 Å². The van der Waals surface area contributed by atoms with Crippen LogP contribution in [0.25, 0.3) is 0 Å². The largest absolute Gasteiger partial charge is 0.309 e. The number of amides is 1. The van der Waals surface area contributed by atoms with Gasteiger partial charge in [0, 0.05) is 18.9 Å². The zero-order valence-electron chi connectivity index (χ0n) is 18.0. The number of hydrogen-bond donors (Lipinski definition) is 2. The Morgan fingerprint density at radius 3 is 2.23 bits per heavy atom. The molecule has 1 aromatic heterocycles. The molecule has 1 heterocycles. The summed E-state index contributed by atoms with van der Waals surface area (Å²) in [6.45, 7) is 6.36. The molecule has 2 rings (SSSR count). The molecule has 7 nitrogen and oxygen atoms in total. The van der Waals surface area contributed by atoms with E-state index < -0.39 is 15.9 Å². The van der Waals surface area contributed by atoms with Crippen molar-refractivity contribution in [2.24, 2.45) is 5.92 Å². The predicted molar refractivity (Wildman–Crippen MR) is 119 cm³/mol. The smallest absolute Gasteiger partial charge is 0.240 e. The Kier molecular flexibility index (Phi) is 9.39. The number of nitrogens with zero attached hydrogens (tertiary/aromatic N) is 2. The van der Waals surface area contributed by atoms with Crippen LogP contribution in [0.4, 0.5) is 5.82 Å². The van der Waals surface area contributed by atoms with Gasteiger partial charge < -0.3 is 5.32 Å². The molecule has 2 N–H and O–H groups in total. The first-order chi connectivity index (χ1) is 14.4. The molecule has 1 unspecified atom stereocenters. The summed E-state index contributed by atoms with van der Waals surface area (Å²) in [4.78, 5) is 21.5. The van der Waals surface area contributed by atoms with Crippen LogP contribution in [-0.2, 0) is 14.8 Å². The Balaban J connectivity index is 2.30. The second-order valence-electron chi connectivity index (χ2n) is 7.38. The van der Waals surface area contributed by atoms with Gasteiger partial charge in [0.25, 0.3) is 0 Å². The van der Waals surface area contributed by atoms with E-state index in [9.17, 15) is 13.2 Å². The maximum atomic E-state index is 13.1. The van der Waals surface area contributed by atoms with Gasteiger partial charge in [0.2, 0.25) is 15.9 Å². The lowest BCUT2D eigenvalue weighted by Crippen LogP contribution is -2.25. The highest BCUT2D eigenvalue weighted by Crippen LogP contribution is 2.31. The molecule has 0 saturated carbocycles. The van der Waals surface area contributed by atoms with Crippen molar-refractivity contribution < 1.29 is 13.2 Å². The highest BCUT2D eigenvalue weighted by atomic mass is 32.2. The van der Waals surface area contributed by atoms with Gasteiger partial charge in [-0.25, -0.2) is 18.1 Å². The lowest BCUT2D eigenvalue weighted by atomic mass is 9.84. The molecule has 2 aromatic rings. The van der Waals surface area contributed by atoms with Gasteiger partial charge in [-0.2, -0.15) is 0 Å². The van der Waals surface area contributed by atoms with Crippen molar-refractivity contribution >= 4 is 21.7 Å². The van der Waals surface area contributed by atoms with Crippen LogP contribution >= 0.6 is 0 Å². The zero-order valence-corrected chi connectivity index (χ0v) is 18.8. The molecule has 0 fully saturated rings. The number of anilines is 1. The van der Waals surface area contributed by atoms with Gasteiger partial charge in [-0.05, 0) is 30.0 Å². The van der Waals surface area contributed by atoms with Crippen LogP contribution in [0, 0.1) is 5.92 Å². The minimum absolute atomic E-state index is 0.157. The second-order valence-corrected chi connectivity index (χ2v) is 9.15. The van der Waals surface area contributed by atoms with Crippen LogP contribution in [-0.4, -0.2) is 30.8 Å². The molecule has 0 saturated heterocycles. The zero-order chi connectivity index (χ0) is 22.0. The van der Waals surface area contributed by atoms with Crippen LogP contribution in [0.15, 0.2) is 47.8 Å². The van der Waals surface area contributed by atoms with Crippen molar-refractivity contribution in [2.75, 3.05) is 11.9 Å². The van der Waals surface area contributed by atoms with E-state index in [4.69, 9.17) is 0 Å². The fraction of sp³-hybridized carbons (Fsp3) is 0.500. The van der Waals surface area contributed by atoms with Crippen molar-refractivity contribution in [3.8, 4) is 0 Å². The maximum Gasteiger partial charge on any atom is 0.240 e. The lowest BCUT2D eigenvalue weighted by Gasteiger charge is -2.23. The Hall–Kier alpha value is -2.32. The van der Waals surface area contributed by atoms with Gasteiger partial charge in [0.1, 0.15) is 0 Å². The molecule has 1 aromatic carbocycles. The normalized spacial score (nSPS) is 12.7. The van der Waals surface area contributed by atoms with Crippen molar-refractivity contribution in [1.29, 1.82) is 0 Å². The highest BCUT2D eigenvalue weighted by Gasteiger charge is 2.25. The number of rotatable bonds is 12. The van der Waals surface area contributed by atoms with Crippen molar-refractivity contribution in [3.05, 3.63) is 48.4 Å². The third-order valence-electron chi connectivity index (χ3n) is 5.02. The van der Waals surface area contributed by atoms with Gasteiger partial charge in [-0.3, -0.25) is 9.78 Å². The molecule has 0 bridgehead atoms. The fourth-order valence-corrected chi connectivity index (χ4v) is 4.70. The maximum absolute atomic E-state index is 13.1. The Morgan fingerprint density at radius 2 is 1.70 bits per heavy atom. The number of carbonyl (C=O) groups is 1. The summed E-state index contributed by atoms with van der Waals surface area (Å²) in [5.41, 5.74) is 0.795. The standard InChI is InChI=1S/C22H32N4O3S/c1-4-7-17(8-5-2)15-20(22(27)26-21-16-23-13-14-24-21)18-9-11-19(12-10-18)30(28,29)25-6-3/h9-14,16-17,20,25H,4-8,15H2,1-3H3,(H,24,26,27). The van der Waals surface area contributed by atoms with E-state index in [1.54, 1.807) is 37.4 Å². The highest BCUT2D eigenvalue weighted by molar-refractivity contribution is 7.89. The Bertz CT molecular complexity index is 880. The molecule has 164 valence electrons. The van der Waals surface area contributed by atoms with Gasteiger partial charge >= 0.3 is 0 Å². The molecule has 30 heavy (non-hydrogen) atoms. The quantitative estimate of drug-likeness (QED) is 0.526. The van der Waals surface area contributed by atoms with Crippen LogP contribution < -0.4 is 10.0 Å². The molecule has 1 amide bonds. The molecule has 0 aliphatic heterocycles. The van der Waals surface area contributed by atoms with Gasteiger partial charge in [-0.1, -0.05) is 58.6 Å². The summed E-state index contributed by atoms with van der Waals surface area (Å²) in [7, 11) is -3.53. The van der Waals surface area contributed by atoms with E-state index in [-0.39, 0.29) is 10.8 Å². The van der Waals surface area contributed by atoms with E-state index in [0.717, 1.165) is 31.2 Å². The van der Waals surface area contributed by atoms with E-state index in [0.29, 0.717) is 24.7 Å². The summed E-state index contributed by atoms with van der Waals surface area (Å²) in [5, 5.41) is 2.85. The molecule has 0 radical (unpaired) electrons. The predicted octanol–water partition coefficient (Wildman–Crippen LogP) is 4.10. The Morgan fingerprint density at radius 1 is 1.03 bits per heavy atom. The molecule has 1 atom stereocenters. The van der Waals surface area contributed by atoms with E-state index in [2.05, 4.69) is 33.9 Å². The fourth-order valence-electron chi connectivity index (χ4n) is 3.65. The van der Waals surface area contributed by atoms with Crippen LogP contribution in [0.1, 0.15) is 64.4 Å². The van der Waals surface area contributed by atoms with Crippen molar-refractivity contribution in [3.63, 3.8) is 0 Å². The lowest BCUT2D eigenvalue weighted by molar-refractivity contribution is -0.118. The van der Waals surface area contributed by atoms with E-state index >= 15 is 0 Å². The molecular weight excluding hydrogens is 400 g/mol. The van der Waals surface area contributed by atoms with Crippen molar-refractivity contribution in [2.45, 2.75) is 63.7 Å². The molecular formula is C22H32N4O3S. The first-order valence-corrected chi connectivity index (χ1v) is 12.1. The second kappa shape index (κ2) is 11.8. The third-order valence-corrected chi connectivity index (χ3v) is 6.58. The molecule has 0 spiro atoms. The van der Waals surface area contributed by atoms with Crippen molar-refractivity contribution in [1.82, 2.24) is 14.7 Å². The number of nitrogens with one attached hydrogen (secondary N) is 2. The number of sulfonamides is 1. The SMILES string of the molecule is CCCC(CCC)CC(C(=O)Nc1cnccn1)c1ccc(S(=O)(=O)NCC)cc1. The van der Waals surface area contributed by atoms with Gasteiger partial charge in [0.15, 0.2) is 5.82 Å². The number of benzene rings is 1. The van der Waals surface area contributed by atoms with E-state index in [1.165, 1.54) is 12.4 Å². The summed E-state index contributed by atoms with van der Waals surface area (Å²) in [5.74, 6) is 0.269. The topological polar surface area (TPSA) is 101 Å². The summed E-state index contributed by atoms with van der Waals surface area (Å²) < 4.78 is 26.9. The average Bonchev–Trinajstić information content (AvgIpc) is 2.73. The summed E-state index contributed by atoms with van der Waals surface area (Å²) >= 11 is 0. The molecule has 0 aliphatic rings. The number of aromatic nitrogens is 2. The summed E-state index contributed by atoms with van der Waals surface area (Å²) in [6.07, 6.45) is 9.51. The van der Waals surface area contributed by atoms with Gasteiger partial charge in [-0.15, -0.1) is 0 Å². The molecule has 8 heteroatoms. The Labute approximate surface area is 179 Å². The first-order valence-electron chi connectivity index (χ1n) is 10.6. The summed E-state index contributed by atoms with van der Waals surface area (Å²) in [6, 6.07) is 6.59. The van der Waals surface area contributed by atoms with Gasteiger partial charge in [0.05, 0.1) is 17.0 Å².